The molecule has 7 heteroatoms. The van der Waals surface area contributed by atoms with E-state index < -0.39 is 0 Å². The minimum absolute atomic E-state index is 0.286. The summed E-state index contributed by atoms with van der Waals surface area (Å²) in [7, 11) is 2.01. The number of nitrogens with zero attached hydrogens (tertiary/aromatic N) is 3. The lowest BCUT2D eigenvalue weighted by Crippen LogP contribution is -2.38. The molecule has 0 aliphatic carbocycles. The predicted octanol–water partition coefficient (Wildman–Crippen LogP) is 3.12. The molecule has 140 valence electrons. The number of aliphatic imine (C=N–C) groups is 1. The first-order valence-corrected chi connectivity index (χ1v) is 8.90. The van der Waals surface area contributed by atoms with E-state index in [0.717, 1.165) is 41.0 Å². The van der Waals surface area contributed by atoms with Crippen molar-refractivity contribution in [2.75, 3.05) is 20.4 Å². The molecule has 0 saturated carbocycles. The van der Waals surface area contributed by atoms with Crippen LogP contribution < -0.4 is 14.8 Å². The molecule has 0 bridgehead atoms. The van der Waals surface area contributed by atoms with Crippen molar-refractivity contribution in [1.82, 2.24) is 15.4 Å². The third kappa shape index (κ3) is 4.28. The molecular weight excluding hydrogens is 332 g/mol. The lowest BCUT2D eigenvalue weighted by atomic mass is 10.1. The standard InChI is InChI=1S/C19H26N4O3/c1-5-20-19(21-10-15-9-16(13(2)3)22-26-15)23(4)11-14-6-7-17-18(8-14)25-12-24-17/h6-9,13H,5,10-12H2,1-4H3,(H,20,21). The summed E-state index contributed by atoms with van der Waals surface area (Å²) < 4.78 is 16.2. The van der Waals surface area contributed by atoms with E-state index in [0.29, 0.717) is 19.0 Å². The molecule has 3 rings (SSSR count). The largest absolute Gasteiger partial charge is 0.454 e. The van der Waals surface area contributed by atoms with Crippen LogP contribution in [-0.2, 0) is 13.1 Å². The van der Waals surface area contributed by atoms with E-state index in [1.165, 1.54) is 0 Å². The molecule has 0 radical (unpaired) electrons. The third-order valence-electron chi connectivity index (χ3n) is 4.11. The van der Waals surface area contributed by atoms with Crippen LogP contribution in [0.25, 0.3) is 0 Å². The molecule has 26 heavy (non-hydrogen) atoms. The highest BCUT2D eigenvalue weighted by atomic mass is 16.7. The maximum Gasteiger partial charge on any atom is 0.231 e. The topological polar surface area (TPSA) is 72.1 Å². The smallest absolute Gasteiger partial charge is 0.231 e. The van der Waals surface area contributed by atoms with Crippen molar-refractivity contribution < 1.29 is 14.0 Å². The quantitative estimate of drug-likeness (QED) is 0.632. The fraction of sp³-hybridized carbons (Fsp3) is 0.474. The minimum Gasteiger partial charge on any atom is -0.454 e. The zero-order valence-corrected chi connectivity index (χ0v) is 15.8. The summed E-state index contributed by atoms with van der Waals surface area (Å²) in [6.45, 7) is 8.47. The van der Waals surface area contributed by atoms with Crippen LogP contribution in [0.3, 0.4) is 0 Å². The number of rotatable bonds is 6. The van der Waals surface area contributed by atoms with E-state index in [-0.39, 0.29) is 6.79 Å². The lowest BCUT2D eigenvalue weighted by molar-refractivity contribution is 0.174. The Hall–Kier alpha value is -2.70. The lowest BCUT2D eigenvalue weighted by Gasteiger charge is -2.22. The van der Waals surface area contributed by atoms with Gasteiger partial charge in [-0.2, -0.15) is 0 Å². The summed E-state index contributed by atoms with van der Waals surface area (Å²) >= 11 is 0. The van der Waals surface area contributed by atoms with Gasteiger partial charge < -0.3 is 24.2 Å². The van der Waals surface area contributed by atoms with E-state index >= 15 is 0 Å². The number of guanidine groups is 1. The number of ether oxygens (including phenoxy) is 2. The van der Waals surface area contributed by atoms with Gasteiger partial charge in [0.1, 0.15) is 6.54 Å². The molecule has 0 spiro atoms. The summed E-state index contributed by atoms with van der Waals surface area (Å²) in [5, 5.41) is 7.39. The number of fused-ring (bicyclic) bond motifs is 1. The molecule has 1 aliphatic heterocycles. The number of benzene rings is 1. The van der Waals surface area contributed by atoms with Gasteiger partial charge in [0.2, 0.25) is 6.79 Å². The van der Waals surface area contributed by atoms with Gasteiger partial charge in [0.25, 0.3) is 0 Å². The molecule has 0 unspecified atom stereocenters. The van der Waals surface area contributed by atoms with Gasteiger partial charge in [-0.25, -0.2) is 4.99 Å². The van der Waals surface area contributed by atoms with Crippen LogP contribution in [0, 0.1) is 0 Å². The molecule has 2 aromatic rings. The summed E-state index contributed by atoms with van der Waals surface area (Å²) in [5.41, 5.74) is 2.08. The Kier molecular flexibility index (Phi) is 5.65. The normalized spacial score (nSPS) is 13.3. The SMILES string of the molecule is CCNC(=NCc1cc(C(C)C)no1)N(C)Cc1ccc2c(c1)OCO2. The van der Waals surface area contributed by atoms with Gasteiger partial charge in [0.15, 0.2) is 23.2 Å². The van der Waals surface area contributed by atoms with E-state index in [1.807, 2.05) is 31.3 Å². The molecule has 0 amide bonds. The second kappa shape index (κ2) is 8.12. The highest BCUT2D eigenvalue weighted by Crippen LogP contribution is 2.32. The van der Waals surface area contributed by atoms with Crippen LogP contribution in [0.2, 0.25) is 0 Å². The van der Waals surface area contributed by atoms with Gasteiger partial charge in [-0.3, -0.25) is 0 Å². The fourth-order valence-corrected chi connectivity index (χ4v) is 2.69. The van der Waals surface area contributed by atoms with Crippen LogP contribution >= 0.6 is 0 Å². The summed E-state index contributed by atoms with van der Waals surface area (Å²) in [4.78, 5) is 6.74. The fourth-order valence-electron chi connectivity index (χ4n) is 2.69. The van der Waals surface area contributed by atoms with Crippen LogP contribution in [0.4, 0.5) is 0 Å². The highest BCUT2D eigenvalue weighted by Gasteiger charge is 2.15. The number of hydrogen-bond acceptors (Lipinski definition) is 5. The molecule has 1 N–H and O–H groups in total. The second-order valence-corrected chi connectivity index (χ2v) is 6.59. The van der Waals surface area contributed by atoms with Crippen LogP contribution in [-0.4, -0.2) is 36.4 Å². The maximum absolute atomic E-state index is 5.45. The summed E-state index contributed by atoms with van der Waals surface area (Å²) in [5.74, 6) is 3.51. The summed E-state index contributed by atoms with van der Waals surface area (Å²) in [6, 6.07) is 7.96. The van der Waals surface area contributed by atoms with Crippen molar-refractivity contribution >= 4 is 5.96 Å². The van der Waals surface area contributed by atoms with Gasteiger partial charge >= 0.3 is 0 Å². The molecule has 0 saturated heterocycles. The Morgan fingerprint density at radius 2 is 2.08 bits per heavy atom. The Bertz CT molecular complexity index is 770. The zero-order chi connectivity index (χ0) is 18.5. The Morgan fingerprint density at radius 3 is 2.81 bits per heavy atom. The first-order chi connectivity index (χ1) is 12.6. The number of hydrogen-bond donors (Lipinski definition) is 1. The number of aromatic nitrogens is 1. The summed E-state index contributed by atoms with van der Waals surface area (Å²) in [6.07, 6.45) is 0. The van der Waals surface area contributed by atoms with Gasteiger partial charge in [-0.1, -0.05) is 25.1 Å². The molecule has 0 fully saturated rings. The predicted molar refractivity (Wildman–Crippen MR) is 99.4 cm³/mol. The van der Waals surface area contributed by atoms with Gasteiger partial charge in [0.05, 0.1) is 5.69 Å². The van der Waals surface area contributed by atoms with Crippen molar-refractivity contribution in [2.24, 2.45) is 4.99 Å². The van der Waals surface area contributed by atoms with Crippen LogP contribution in [0.15, 0.2) is 33.8 Å². The molecule has 1 aromatic heterocycles. The van der Waals surface area contributed by atoms with E-state index in [2.05, 4.69) is 41.1 Å². The van der Waals surface area contributed by atoms with Gasteiger partial charge in [-0.15, -0.1) is 0 Å². The molecule has 1 aliphatic rings. The van der Waals surface area contributed by atoms with Crippen LogP contribution in [0.5, 0.6) is 11.5 Å². The average molecular weight is 358 g/mol. The first kappa shape index (κ1) is 18.1. The minimum atomic E-state index is 0.286. The van der Waals surface area contributed by atoms with Crippen molar-refractivity contribution in [1.29, 1.82) is 0 Å². The van der Waals surface area contributed by atoms with Gasteiger partial charge in [-0.05, 0) is 30.5 Å². The molecule has 0 atom stereocenters. The molecular formula is C19H26N4O3. The van der Waals surface area contributed by atoms with Gasteiger partial charge in [0, 0.05) is 26.2 Å². The van der Waals surface area contributed by atoms with E-state index in [1.54, 1.807) is 0 Å². The Labute approximate surface area is 154 Å². The second-order valence-electron chi connectivity index (χ2n) is 6.59. The monoisotopic (exact) mass is 358 g/mol. The molecule has 2 heterocycles. The molecule has 1 aromatic carbocycles. The van der Waals surface area contributed by atoms with Crippen molar-refractivity contribution in [3.05, 3.63) is 41.3 Å². The zero-order valence-electron chi connectivity index (χ0n) is 15.8. The van der Waals surface area contributed by atoms with Crippen molar-refractivity contribution in [3.8, 4) is 11.5 Å². The van der Waals surface area contributed by atoms with Crippen LogP contribution in [0.1, 0.15) is 43.7 Å². The van der Waals surface area contributed by atoms with E-state index in [4.69, 9.17) is 14.0 Å². The molecule has 7 nitrogen and oxygen atoms in total. The van der Waals surface area contributed by atoms with Crippen molar-refractivity contribution in [3.63, 3.8) is 0 Å². The third-order valence-corrected chi connectivity index (χ3v) is 4.11. The average Bonchev–Trinajstić information content (AvgIpc) is 3.27. The van der Waals surface area contributed by atoms with E-state index in [9.17, 15) is 0 Å². The number of nitrogens with one attached hydrogen (secondary N) is 1. The first-order valence-electron chi connectivity index (χ1n) is 8.90. The Balaban J connectivity index is 1.67. The Morgan fingerprint density at radius 1 is 1.27 bits per heavy atom. The highest BCUT2D eigenvalue weighted by molar-refractivity contribution is 5.79. The van der Waals surface area contributed by atoms with Crippen molar-refractivity contribution in [2.45, 2.75) is 39.8 Å². The maximum atomic E-state index is 5.45.